The van der Waals surface area contributed by atoms with E-state index >= 15 is 0 Å². The molecule has 0 bridgehead atoms. The van der Waals surface area contributed by atoms with Crippen LogP contribution in [0.5, 0.6) is 0 Å². The van der Waals surface area contributed by atoms with E-state index in [1.165, 1.54) is 11.3 Å². The zero-order valence-corrected chi connectivity index (χ0v) is 11.7. The molecule has 0 aliphatic rings. The molecule has 98 valence electrons. The van der Waals surface area contributed by atoms with E-state index in [1.54, 1.807) is 6.20 Å². The van der Waals surface area contributed by atoms with Gasteiger partial charge in [-0.2, -0.15) is 0 Å². The van der Waals surface area contributed by atoms with Crippen molar-refractivity contribution in [3.8, 4) is 11.8 Å². The Hall–Kier alpha value is -1.38. The summed E-state index contributed by atoms with van der Waals surface area (Å²) in [6.45, 7) is 5.84. The van der Waals surface area contributed by atoms with E-state index in [9.17, 15) is 4.79 Å². The Labute approximate surface area is 111 Å². The molecule has 1 amide bonds. The van der Waals surface area contributed by atoms with Crippen molar-refractivity contribution < 1.29 is 9.90 Å². The Morgan fingerprint density at radius 2 is 2.33 bits per heavy atom. The molecule has 0 radical (unpaired) electrons. The second-order valence-electron chi connectivity index (χ2n) is 4.50. The van der Waals surface area contributed by atoms with Crippen molar-refractivity contribution in [1.29, 1.82) is 0 Å². The molecule has 1 aromatic heterocycles. The molecule has 0 fully saturated rings. The van der Waals surface area contributed by atoms with Gasteiger partial charge in [-0.3, -0.25) is 4.79 Å². The lowest BCUT2D eigenvalue weighted by Gasteiger charge is -2.20. The van der Waals surface area contributed by atoms with Gasteiger partial charge < -0.3 is 10.4 Å². The minimum Gasteiger partial charge on any atom is -0.395 e. The van der Waals surface area contributed by atoms with Gasteiger partial charge >= 0.3 is 0 Å². The van der Waals surface area contributed by atoms with Gasteiger partial charge in [-0.25, -0.2) is 4.98 Å². The van der Waals surface area contributed by atoms with E-state index in [0.717, 1.165) is 11.3 Å². The minimum absolute atomic E-state index is 0.0331. The highest BCUT2D eigenvalue weighted by atomic mass is 32.1. The highest BCUT2D eigenvalue weighted by Gasteiger charge is 2.25. The topological polar surface area (TPSA) is 62.2 Å². The molecule has 5 heteroatoms. The van der Waals surface area contributed by atoms with Gasteiger partial charge in [-0.1, -0.05) is 43.9 Å². The molecule has 1 rings (SSSR count). The van der Waals surface area contributed by atoms with Crippen molar-refractivity contribution in [3.63, 3.8) is 0 Å². The maximum absolute atomic E-state index is 11.9. The van der Waals surface area contributed by atoms with Crippen LogP contribution in [0, 0.1) is 17.3 Å². The third-order valence-corrected chi connectivity index (χ3v) is 3.50. The van der Waals surface area contributed by atoms with Crippen LogP contribution >= 0.6 is 11.3 Å². The highest BCUT2D eigenvalue weighted by molar-refractivity contribution is 7.16. The van der Waals surface area contributed by atoms with Gasteiger partial charge in [-0.05, 0) is 6.42 Å². The number of aliphatic hydroxyl groups excluding tert-OH is 1. The highest BCUT2D eigenvalue weighted by Crippen LogP contribution is 2.24. The monoisotopic (exact) mass is 266 g/mol. The maximum atomic E-state index is 11.9. The van der Waals surface area contributed by atoms with Gasteiger partial charge in [-0.15, -0.1) is 0 Å². The van der Waals surface area contributed by atoms with Crippen molar-refractivity contribution in [1.82, 2.24) is 4.98 Å². The first-order valence-corrected chi connectivity index (χ1v) is 6.68. The van der Waals surface area contributed by atoms with Crippen LogP contribution in [0.4, 0.5) is 5.13 Å². The lowest BCUT2D eigenvalue weighted by Crippen LogP contribution is -2.29. The fourth-order valence-electron chi connectivity index (χ4n) is 1.02. The Kier molecular flexibility index (Phi) is 5.32. The molecule has 0 aliphatic heterocycles. The molecular weight excluding hydrogens is 248 g/mol. The van der Waals surface area contributed by atoms with E-state index in [4.69, 9.17) is 5.11 Å². The van der Waals surface area contributed by atoms with Crippen molar-refractivity contribution in [2.75, 3.05) is 11.9 Å². The van der Waals surface area contributed by atoms with E-state index in [-0.39, 0.29) is 12.5 Å². The molecule has 2 N–H and O–H groups in total. The van der Waals surface area contributed by atoms with E-state index < -0.39 is 5.41 Å². The van der Waals surface area contributed by atoms with Crippen LogP contribution in [0.25, 0.3) is 0 Å². The zero-order chi connectivity index (χ0) is 13.6. The SMILES string of the molecule is CCC(C)(C)C(=O)Nc1ncc(C#CCCO)s1. The van der Waals surface area contributed by atoms with E-state index in [2.05, 4.69) is 22.1 Å². The minimum atomic E-state index is -0.394. The number of amides is 1. The fraction of sp³-hybridized carbons (Fsp3) is 0.538. The summed E-state index contributed by atoms with van der Waals surface area (Å²) in [5.74, 6) is 5.67. The summed E-state index contributed by atoms with van der Waals surface area (Å²) < 4.78 is 0. The second-order valence-corrected chi connectivity index (χ2v) is 5.53. The van der Waals surface area contributed by atoms with Gasteiger partial charge in [0.05, 0.1) is 17.7 Å². The molecular formula is C13H18N2O2S. The molecule has 0 atom stereocenters. The quantitative estimate of drug-likeness (QED) is 0.822. The van der Waals surface area contributed by atoms with Gasteiger partial charge in [0.25, 0.3) is 0 Å². The molecule has 0 unspecified atom stereocenters. The lowest BCUT2D eigenvalue weighted by molar-refractivity contribution is -0.124. The average Bonchev–Trinajstić information content (AvgIpc) is 2.77. The summed E-state index contributed by atoms with van der Waals surface area (Å²) in [4.78, 5) is 16.8. The number of aliphatic hydroxyl groups is 1. The maximum Gasteiger partial charge on any atom is 0.231 e. The molecule has 1 aromatic rings. The summed E-state index contributed by atoms with van der Waals surface area (Å²) in [6.07, 6.45) is 2.85. The molecule has 4 nitrogen and oxygen atoms in total. The molecule has 1 heterocycles. The van der Waals surface area contributed by atoms with Crippen LogP contribution in [-0.2, 0) is 4.79 Å². The van der Waals surface area contributed by atoms with Crippen molar-refractivity contribution in [2.24, 2.45) is 5.41 Å². The number of nitrogens with zero attached hydrogens (tertiary/aromatic N) is 1. The predicted molar refractivity (Wildman–Crippen MR) is 73.4 cm³/mol. The summed E-state index contributed by atoms with van der Waals surface area (Å²) in [7, 11) is 0. The van der Waals surface area contributed by atoms with Crippen molar-refractivity contribution >= 4 is 22.4 Å². The van der Waals surface area contributed by atoms with Gasteiger partial charge in [0.1, 0.15) is 0 Å². The zero-order valence-electron chi connectivity index (χ0n) is 10.9. The summed E-state index contributed by atoms with van der Waals surface area (Å²) >= 11 is 1.34. The Morgan fingerprint density at radius 3 is 2.94 bits per heavy atom. The Morgan fingerprint density at radius 1 is 1.61 bits per heavy atom. The third kappa shape index (κ3) is 4.13. The predicted octanol–water partition coefficient (Wildman–Crippen LogP) is 2.25. The number of hydrogen-bond acceptors (Lipinski definition) is 4. The number of carbonyl (C=O) groups excluding carboxylic acids is 1. The number of anilines is 1. The fourth-order valence-corrected chi connectivity index (χ4v) is 1.71. The first kappa shape index (κ1) is 14.7. The number of carbonyl (C=O) groups is 1. The molecule has 0 saturated heterocycles. The Balaban J connectivity index is 2.65. The van der Waals surface area contributed by atoms with Crippen LogP contribution in [0.3, 0.4) is 0 Å². The number of thiazole rings is 1. The van der Waals surface area contributed by atoms with Crippen LogP contribution in [0.15, 0.2) is 6.20 Å². The standard InChI is InChI=1S/C13H18N2O2S/c1-4-13(2,3)11(17)15-12-14-9-10(18-12)7-5-6-8-16/h9,16H,4,6,8H2,1-3H3,(H,14,15,17). The molecule has 18 heavy (non-hydrogen) atoms. The Bertz CT molecular complexity index is 469. The van der Waals surface area contributed by atoms with Crippen LogP contribution in [-0.4, -0.2) is 22.6 Å². The third-order valence-electron chi connectivity index (χ3n) is 2.67. The van der Waals surface area contributed by atoms with Crippen LogP contribution in [0.1, 0.15) is 38.5 Å². The first-order valence-electron chi connectivity index (χ1n) is 5.86. The summed E-state index contributed by atoms with van der Waals surface area (Å²) in [5.41, 5.74) is -0.394. The van der Waals surface area contributed by atoms with Crippen molar-refractivity contribution in [3.05, 3.63) is 11.1 Å². The van der Waals surface area contributed by atoms with E-state index in [0.29, 0.717) is 11.6 Å². The lowest BCUT2D eigenvalue weighted by atomic mass is 9.89. The summed E-state index contributed by atoms with van der Waals surface area (Å²) in [6, 6.07) is 0. The molecule has 0 saturated carbocycles. The summed E-state index contributed by atoms with van der Waals surface area (Å²) in [5, 5.41) is 12.0. The second kappa shape index (κ2) is 6.53. The van der Waals surface area contributed by atoms with E-state index in [1.807, 2.05) is 20.8 Å². The number of hydrogen-bond donors (Lipinski definition) is 2. The van der Waals surface area contributed by atoms with Gasteiger partial charge in [0.15, 0.2) is 5.13 Å². The van der Waals surface area contributed by atoms with Gasteiger partial charge in [0.2, 0.25) is 5.91 Å². The number of nitrogens with one attached hydrogen (secondary N) is 1. The molecule has 0 spiro atoms. The van der Waals surface area contributed by atoms with Crippen molar-refractivity contribution in [2.45, 2.75) is 33.6 Å². The normalized spacial score (nSPS) is 10.7. The molecule has 0 aromatic carbocycles. The first-order chi connectivity index (χ1) is 8.49. The van der Waals surface area contributed by atoms with Crippen LogP contribution < -0.4 is 5.32 Å². The van der Waals surface area contributed by atoms with Gasteiger partial charge in [0, 0.05) is 11.8 Å². The van der Waals surface area contributed by atoms with Crippen LogP contribution in [0.2, 0.25) is 0 Å². The number of rotatable bonds is 4. The largest absolute Gasteiger partial charge is 0.395 e. The smallest absolute Gasteiger partial charge is 0.231 e. The average molecular weight is 266 g/mol. The number of aromatic nitrogens is 1. The molecule has 0 aliphatic carbocycles.